The molecule has 0 spiro atoms. The van der Waals surface area contributed by atoms with Crippen LogP contribution < -0.4 is 9.47 Å². The smallest absolute Gasteiger partial charge is 0.169 e. The van der Waals surface area contributed by atoms with Gasteiger partial charge in [0.15, 0.2) is 17.2 Å². The third kappa shape index (κ3) is 11.2. The zero-order chi connectivity index (χ0) is 21.2. The molecule has 1 aromatic rings. The molecule has 166 valence electrons. The van der Waals surface area contributed by atoms with Crippen molar-refractivity contribution in [3.8, 4) is 11.5 Å². The number of benzene rings is 1. The van der Waals surface area contributed by atoms with Gasteiger partial charge < -0.3 is 14.2 Å². The van der Waals surface area contributed by atoms with Crippen molar-refractivity contribution >= 4 is 5.69 Å². The van der Waals surface area contributed by atoms with Gasteiger partial charge in [0, 0.05) is 6.61 Å². The number of hydrogen-bond acceptors (Lipinski definition) is 5. The summed E-state index contributed by atoms with van der Waals surface area (Å²) in [5.74, 6) is 1.32. The summed E-state index contributed by atoms with van der Waals surface area (Å²) in [6, 6.07) is 4.00. The number of unbranched alkanes of at least 4 members (excludes halogenated alkanes) is 7. The van der Waals surface area contributed by atoms with Crippen LogP contribution in [0.5, 0.6) is 11.5 Å². The van der Waals surface area contributed by atoms with E-state index in [0.29, 0.717) is 37.0 Å². The molecule has 5 heteroatoms. The Morgan fingerprint density at radius 1 is 0.690 bits per heavy atom. The summed E-state index contributed by atoms with van der Waals surface area (Å²) in [6.45, 7) is 9.36. The zero-order valence-electron chi connectivity index (χ0n) is 18.9. The molecule has 0 aromatic heterocycles. The lowest BCUT2D eigenvalue weighted by Gasteiger charge is -2.15. The lowest BCUT2D eigenvalue weighted by molar-refractivity contribution is 0.134. The van der Waals surface area contributed by atoms with Crippen molar-refractivity contribution in [2.75, 3.05) is 26.4 Å². The van der Waals surface area contributed by atoms with Crippen LogP contribution >= 0.6 is 0 Å². The van der Waals surface area contributed by atoms with Crippen LogP contribution in [-0.4, -0.2) is 26.4 Å². The first kappa shape index (κ1) is 25.4. The molecule has 1 N–H and O–H groups in total. The van der Waals surface area contributed by atoms with E-state index >= 15 is 0 Å². The van der Waals surface area contributed by atoms with Crippen LogP contribution in [0.4, 0.5) is 5.69 Å². The first-order valence-corrected chi connectivity index (χ1v) is 11.6. The SMILES string of the molecule is CCCCCCOc1cc(CCOCCCC)cc(OCCCCCC)c1N=N. The average Bonchev–Trinajstić information content (AvgIpc) is 2.73. The summed E-state index contributed by atoms with van der Waals surface area (Å²) >= 11 is 0. The van der Waals surface area contributed by atoms with E-state index in [4.69, 9.17) is 19.7 Å². The minimum atomic E-state index is 0.506. The summed E-state index contributed by atoms with van der Waals surface area (Å²) in [4.78, 5) is 0. The lowest BCUT2D eigenvalue weighted by Crippen LogP contribution is -2.04. The molecule has 0 unspecified atom stereocenters. The van der Waals surface area contributed by atoms with Crippen LogP contribution in [-0.2, 0) is 11.2 Å². The highest BCUT2D eigenvalue weighted by Crippen LogP contribution is 2.39. The molecule has 0 fully saturated rings. The van der Waals surface area contributed by atoms with E-state index in [0.717, 1.165) is 57.1 Å². The summed E-state index contributed by atoms with van der Waals surface area (Å²) < 4.78 is 17.7. The Morgan fingerprint density at radius 3 is 1.72 bits per heavy atom. The van der Waals surface area contributed by atoms with Crippen LogP contribution in [0, 0.1) is 5.53 Å². The number of rotatable bonds is 19. The highest BCUT2D eigenvalue weighted by Gasteiger charge is 2.14. The molecule has 0 aliphatic carbocycles. The van der Waals surface area contributed by atoms with Gasteiger partial charge in [-0.3, -0.25) is 0 Å². The van der Waals surface area contributed by atoms with Crippen molar-refractivity contribution in [3.63, 3.8) is 0 Å². The van der Waals surface area contributed by atoms with E-state index in [1.165, 1.54) is 25.7 Å². The third-order valence-electron chi connectivity index (χ3n) is 4.90. The number of ether oxygens (including phenoxy) is 3. The van der Waals surface area contributed by atoms with Crippen LogP contribution in [0.3, 0.4) is 0 Å². The van der Waals surface area contributed by atoms with E-state index < -0.39 is 0 Å². The Hall–Kier alpha value is -1.62. The van der Waals surface area contributed by atoms with Gasteiger partial charge >= 0.3 is 0 Å². The van der Waals surface area contributed by atoms with Crippen LogP contribution in [0.2, 0.25) is 0 Å². The fourth-order valence-corrected chi connectivity index (χ4v) is 3.07. The van der Waals surface area contributed by atoms with Crippen molar-refractivity contribution in [3.05, 3.63) is 17.7 Å². The summed E-state index contributed by atoms with van der Waals surface area (Å²) in [5.41, 5.74) is 9.26. The van der Waals surface area contributed by atoms with E-state index in [-0.39, 0.29) is 0 Å². The largest absolute Gasteiger partial charge is 0.491 e. The van der Waals surface area contributed by atoms with Crippen LogP contribution in [0.25, 0.3) is 0 Å². The fourth-order valence-electron chi connectivity index (χ4n) is 3.07. The predicted octanol–water partition coefficient (Wildman–Crippen LogP) is 7.63. The van der Waals surface area contributed by atoms with Gasteiger partial charge in [-0.05, 0) is 43.4 Å². The Bertz CT molecular complexity index is 514. The lowest BCUT2D eigenvalue weighted by atomic mass is 10.1. The van der Waals surface area contributed by atoms with Crippen LogP contribution in [0.1, 0.15) is 90.5 Å². The topological polar surface area (TPSA) is 63.9 Å². The second kappa shape index (κ2) is 17.3. The summed E-state index contributed by atoms with van der Waals surface area (Å²) in [7, 11) is 0. The van der Waals surface area contributed by atoms with Crippen molar-refractivity contribution in [1.29, 1.82) is 5.53 Å². The first-order chi connectivity index (χ1) is 14.3. The molecule has 0 heterocycles. The Morgan fingerprint density at radius 2 is 1.24 bits per heavy atom. The van der Waals surface area contributed by atoms with Crippen molar-refractivity contribution < 1.29 is 14.2 Å². The minimum absolute atomic E-state index is 0.506. The first-order valence-electron chi connectivity index (χ1n) is 11.6. The van der Waals surface area contributed by atoms with Gasteiger partial charge in [0.05, 0.1) is 19.8 Å². The van der Waals surface area contributed by atoms with E-state index in [2.05, 4.69) is 25.9 Å². The van der Waals surface area contributed by atoms with Gasteiger partial charge in [0.25, 0.3) is 0 Å². The quantitative estimate of drug-likeness (QED) is 0.190. The van der Waals surface area contributed by atoms with Crippen molar-refractivity contribution in [2.24, 2.45) is 5.11 Å². The maximum Gasteiger partial charge on any atom is 0.169 e. The molecule has 0 aliphatic rings. The van der Waals surface area contributed by atoms with E-state index in [1.807, 2.05) is 12.1 Å². The van der Waals surface area contributed by atoms with Gasteiger partial charge in [-0.15, -0.1) is 0 Å². The molecule has 29 heavy (non-hydrogen) atoms. The highest BCUT2D eigenvalue weighted by molar-refractivity contribution is 5.63. The van der Waals surface area contributed by atoms with Crippen molar-refractivity contribution in [1.82, 2.24) is 0 Å². The standard InChI is InChI=1S/C24H42N2O3/c1-4-7-10-12-16-28-22-19-21(14-18-27-15-9-6-3)20-23(24(22)26-25)29-17-13-11-8-5-2/h19-20,25H,4-18H2,1-3H3. The second-order valence-electron chi connectivity index (χ2n) is 7.59. The summed E-state index contributed by atoms with van der Waals surface area (Å²) in [6.07, 6.45) is 12.3. The molecule has 0 radical (unpaired) electrons. The monoisotopic (exact) mass is 406 g/mol. The zero-order valence-corrected chi connectivity index (χ0v) is 18.9. The normalized spacial score (nSPS) is 10.9. The number of hydrogen-bond donors (Lipinski definition) is 1. The molecule has 5 nitrogen and oxygen atoms in total. The highest BCUT2D eigenvalue weighted by atomic mass is 16.5. The third-order valence-corrected chi connectivity index (χ3v) is 4.90. The van der Waals surface area contributed by atoms with Gasteiger partial charge in [0.2, 0.25) is 0 Å². The average molecular weight is 407 g/mol. The minimum Gasteiger partial charge on any atom is -0.491 e. The predicted molar refractivity (Wildman–Crippen MR) is 120 cm³/mol. The molecule has 1 rings (SSSR count). The molecular weight excluding hydrogens is 364 g/mol. The van der Waals surface area contributed by atoms with Gasteiger partial charge in [-0.1, -0.05) is 65.7 Å². The van der Waals surface area contributed by atoms with Crippen molar-refractivity contribution in [2.45, 2.75) is 91.4 Å². The Labute approximate surface area is 178 Å². The molecular formula is C24H42N2O3. The number of nitrogens with one attached hydrogen (secondary N) is 1. The van der Waals surface area contributed by atoms with Crippen LogP contribution in [0.15, 0.2) is 17.2 Å². The molecule has 0 amide bonds. The maximum atomic E-state index is 7.64. The van der Waals surface area contributed by atoms with Gasteiger partial charge in [0.1, 0.15) is 0 Å². The molecule has 0 atom stereocenters. The van der Waals surface area contributed by atoms with E-state index in [9.17, 15) is 0 Å². The Balaban J connectivity index is 2.77. The molecule has 0 saturated carbocycles. The van der Waals surface area contributed by atoms with Gasteiger partial charge in [-0.2, -0.15) is 5.11 Å². The van der Waals surface area contributed by atoms with E-state index in [1.54, 1.807) is 0 Å². The molecule has 1 aromatic carbocycles. The van der Waals surface area contributed by atoms with Gasteiger partial charge in [-0.25, -0.2) is 5.53 Å². The summed E-state index contributed by atoms with van der Waals surface area (Å²) in [5, 5.41) is 3.73. The molecule has 0 saturated heterocycles. The molecule has 0 bridgehead atoms. The maximum absolute atomic E-state index is 7.64. The fraction of sp³-hybridized carbons (Fsp3) is 0.750. The number of nitrogens with zero attached hydrogens (tertiary/aromatic N) is 1. The molecule has 0 aliphatic heterocycles. The second-order valence-corrected chi connectivity index (χ2v) is 7.59. The Kier molecular flexibility index (Phi) is 15.1.